The molecule has 5 heteroatoms. The first kappa shape index (κ1) is 28.9. The van der Waals surface area contributed by atoms with Crippen LogP contribution in [0.5, 0.6) is 0 Å². The average molecular weight is 427 g/mol. The van der Waals surface area contributed by atoms with Crippen molar-refractivity contribution < 1.29 is 14.7 Å². The molecule has 0 unspecified atom stereocenters. The molecule has 178 valence electrons. The van der Waals surface area contributed by atoms with E-state index in [9.17, 15) is 9.59 Å². The third kappa shape index (κ3) is 18.9. The van der Waals surface area contributed by atoms with Gasteiger partial charge in [-0.15, -0.1) is 0 Å². The molecule has 0 aliphatic heterocycles. The van der Waals surface area contributed by atoms with Gasteiger partial charge in [-0.3, -0.25) is 14.5 Å². The lowest BCUT2D eigenvalue weighted by molar-refractivity contribution is -0.142. The van der Waals surface area contributed by atoms with Gasteiger partial charge in [-0.1, -0.05) is 90.4 Å². The normalized spacial score (nSPS) is 12.3. The molecule has 0 bridgehead atoms. The Morgan fingerprint density at radius 2 is 1.20 bits per heavy atom. The maximum atomic E-state index is 11.9. The van der Waals surface area contributed by atoms with Gasteiger partial charge in [-0.2, -0.15) is 0 Å². The number of rotatable bonds is 22. The van der Waals surface area contributed by atoms with E-state index >= 15 is 0 Å². The van der Waals surface area contributed by atoms with Gasteiger partial charge in [0.1, 0.15) is 6.04 Å². The van der Waals surface area contributed by atoms with Crippen molar-refractivity contribution in [3.05, 3.63) is 0 Å². The molecule has 1 amide bonds. The molecule has 0 fully saturated rings. The molecule has 0 rings (SSSR count). The molecule has 0 radical (unpaired) electrons. The van der Waals surface area contributed by atoms with Crippen molar-refractivity contribution in [1.82, 2.24) is 10.2 Å². The molecule has 0 saturated carbocycles. The zero-order valence-electron chi connectivity index (χ0n) is 20.2. The first-order chi connectivity index (χ1) is 14.5. The molecular formula is C25H50N2O3. The molecule has 0 aromatic carbocycles. The fourth-order valence-electron chi connectivity index (χ4n) is 3.86. The number of nitrogens with one attached hydrogen (secondary N) is 1. The maximum absolute atomic E-state index is 11.9. The highest BCUT2D eigenvalue weighted by atomic mass is 16.4. The summed E-state index contributed by atoms with van der Waals surface area (Å²) in [6, 6.07) is -0.434. The van der Waals surface area contributed by atoms with Gasteiger partial charge in [0.15, 0.2) is 0 Å². The fourth-order valence-corrected chi connectivity index (χ4v) is 3.86. The lowest BCUT2D eigenvalue weighted by Crippen LogP contribution is -2.35. The van der Waals surface area contributed by atoms with Crippen molar-refractivity contribution >= 4 is 11.9 Å². The number of carboxylic acids is 1. The molecule has 1 atom stereocenters. The van der Waals surface area contributed by atoms with Crippen LogP contribution in [0.2, 0.25) is 0 Å². The topological polar surface area (TPSA) is 69.6 Å². The third-order valence-corrected chi connectivity index (χ3v) is 5.89. The van der Waals surface area contributed by atoms with E-state index in [2.05, 4.69) is 12.2 Å². The standard InChI is InChI=1S/C25H50N2O3/c1-4-5-6-7-8-9-10-11-12-13-14-15-16-17-21-24(28)26-22-19-18-20-23(25(29)30)27(2)3/h23H,4-22H2,1-3H3,(H,26,28)(H,29,30)/t23-/m0/s1. The van der Waals surface area contributed by atoms with Crippen LogP contribution in [0.25, 0.3) is 0 Å². The third-order valence-electron chi connectivity index (χ3n) is 5.89. The minimum atomic E-state index is -0.776. The van der Waals surface area contributed by atoms with E-state index in [0.29, 0.717) is 19.4 Å². The Morgan fingerprint density at radius 1 is 0.733 bits per heavy atom. The molecule has 0 spiro atoms. The molecule has 0 saturated heterocycles. The van der Waals surface area contributed by atoms with Gasteiger partial charge in [-0.05, 0) is 39.8 Å². The van der Waals surface area contributed by atoms with Crippen molar-refractivity contribution in [3.63, 3.8) is 0 Å². The van der Waals surface area contributed by atoms with Crippen molar-refractivity contribution in [2.24, 2.45) is 0 Å². The molecule has 0 aromatic heterocycles. The predicted molar refractivity (Wildman–Crippen MR) is 127 cm³/mol. The minimum absolute atomic E-state index is 0.135. The Bertz CT molecular complexity index is 413. The van der Waals surface area contributed by atoms with E-state index < -0.39 is 12.0 Å². The Hall–Kier alpha value is -1.10. The number of likely N-dealkylation sites (N-methyl/N-ethyl adjacent to an activating group) is 1. The SMILES string of the molecule is CCCCCCCCCCCCCCCCC(=O)NCCCC[C@@H](C(=O)O)N(C)C. The second-order valence-corrected chi connectivity index (χ2v) is 9.01. The van der Waals surface area contributed by atoms with E-state index in [1.54, 1.807) is 19.0 Å². The maximum Gasteiger partial charge on any atom is 0.320 e. The van der Waals surface area contributed by atoms with E-state index in [1.807, 2.05) is 0 Å². The summed E-state index contributed by atoms with van der Waals surface area (Å²) < 4.78 is 0. The zero-order valence-corrected chi connectivity index (χ0v) is 20.2. The van der Waals surface area contributed by atoms with E-state index in [1.165, 1.54) is 77.0 Å². The number of nitrogens with zero attached hydrogens (tertiary/aromatic N) is 1. The van der Waals surface area contributed by atoms with Gasteiger partial charge in [-0.25, -0.2) is 0 Å². The summed E-state index contributed by atoms with van der Waals surface area (Å²) in [6.45, 7) is 2.92. The summed E-state index contributed by atoms with van der Waals surface area (Å²) in [5.74, 6) is -0.641. The minimum Gasteiger partial charge on any atom is -0.480 e. The molecule has 0 aliphatic rings. The zero-order chi connectivity index (χ0) is 22.5. The van der Waals surface area contributed by atoms with Crippen LogP contribution in [0.4, 0.5) is 0 Å². The number of unbranched alkanes of at least 4 members (excludes halogenated alkanes) is 14. The lowest BCUT2D eigenvalue weighted by Gasteiger charge is -2.19. The van der Waals surface area contributed by atoms with Crippen LogP contribution in [0.1, 0.15) is 122 Å². The van der Waals surface area contributed by atoms with Crippen LogP contribution in [0, 0.1) is 0 Å². The number of amides is 1. The average Bonchev–Trinajstić information content (AvgIpc) is 2.70. The first-order valence-corrected chi connectivity index (χ1v) is 12.6. The summed E-state index contributed by atoms with van der Waals surface area (Å²) in [5, 5.41) is 12.1. The lowest BCUT2D eigenvalue weighted by atomic mass is 10.0. The smallest absolute Gasteiger partial charge is 0.320 e. The summed E-state index contributed by atoms with van der Waals surface area (Å²) in [5.41, 5.74) is 0. The van der Waals surface area contributed by atoms with Gasteiger partial charge in [0.25, 0.3) is 0 Å². The van der Waals surface area contributed by atoms with Crippen LogP contribution in [0.15, 0.2) is 0 Å². The molecule has 0 aromatic rings. The van der Waals surface area contributed by atoms with Gasteiger partial charge >= 0.3 is 5.97 Å². The number of carbonyl (C=O) groups is 2. The predicted octanol–water partition coefficient (Wildman–Crippen LogP) is 6.16. The Labute approximate surface area is 186 Å². The summed E-state index contributed by atoms with van der Waals surface area (Å²) in [6.07, 6.45) is 21.4. The summed E-state index contributed by atoms with van der Waals surface area (Å²) in [7, 11) is 3.58. The van der Waals surface area contributed by atoms with Gasteiger partial charge in [0.05, 0.1) is 0 Å². The highest BCUT2D eigenvalue weighted by Crippen LogP contribution is 2.13. The van der Waals surface area contributed by atoms with Crippen LogP contribution >= 0.6 is 0 Å². The molecule has 30 heavy (non-hydrogen) atoms. The number of aliphatic carboxylic acids is 1. The van der Waals surface area contributed by atoms with Gasteiger partial charge in [0, 0.05) is 13.0 Å². The number of carbonyl (C=O) groups excluding carboxylic acids is 1. The van der Waals surface area contributed by atoms with E-state index in [4.69, 9.17) is 5.11 Å². The highest BCUT2D eigenvalue weighted by Gasteiger charge is 2.18. The van der Waals surface area contributed by atoms with Crippen molar-refractivity contribution in [3.8, 4) is 0 Å². The van der Waals surface area contributed by atoms with Gasteiger partial charge in [0.2, 0.25) is 5.91 Å². The quantitative estimate of drug-likeness (QED) is 0.203. The summed E-state index contributed by atoms with van der Waals surface area (Å²) in [4.78, 5) is 24.7. The highest BCUT2D eigenvalue weighted by molar-refractivity contribution is 5.75. The molecule has 2 N–H and O–H groups in total. The number of carboxylic acid groups (broad SMARTS) is 1. The first-order valence-electron chi connectivity index (χ1n) is 12.6. The molecule has 0 heterocycles. The molecule has 5 nitrogen and oxygen atoms in total. The number of hydrogen-bond donors (Lipinski definition) is 2. The Morgan fingerprint density at radius 3 is 1.63 bits per heavy atom. The van der Waals surface area contributed by atoms with Crippen molar-refractivity contribution in [1.29, 1.82) is 0 Å². The monoisotopic (exact) mass is 426 g/mol. The van der Waals surface area contributed by atoms with Gasteiger partial charge < -0.3 is 10.4 Å². The second kappa shape index (κ2) is 21.1. The van der Waals surface area contributed by atoms with Crippen molar-refractivity contribution in [2.45, 2.75) is 129 Å². The van der Waals surface area contributed by atoms with Crippen LogP contribution in [0.3, 0.4) is 0 Å². The summed E-state index contributed by atoms with van der Waals surface area (Å²) >= 11 is 0. The Balaban J connectivity index is 3.33. The molecular weight excluding hydrogens is 376 g/mol. The fraction of sp³-hybridized carbons (Fsp3) is 0.920. The van der Waals surface area contributed by atoms with Crippen LogP contribution in [-0.4, -0.2) is 48.6 Å². The number of hydrogen-bond acceptors (Lipinski definition) is 3. The van der Waals surface area contributed by atoms with E-state index in [-0.39, 0.29) is 5.91 Å². The second-order valence-electron chi connectivity index (χ2n) is 9.01. The Kier molecular flexibility index (Phi) is 20.4. The largest absolute Gasteiger partial charge is 0.480 e. The molecule has 0 aliphatic carbocycles. The van der Waals surface area contributed by atoms with Crippen LogP contribution in [-0.2, 0) is 9.59 Å². The van der Waals surface area contributed by atoms with Crippen molar-refractivity contribution in [2.75, 3.05) is 20.6 Å². The van der Waals surface area contributed by atoms with Crippen LogP contribution < -0.4 is 5.32 Å². The van der Waals surface area contributed by atoms with E-state index in [0.717, 1.165) is 25.7 Å².